The molecule has 0 N–H and O–H groups in total. The number of carbonyl (C=O) groups is 3. The quantitative estimate of drug-likeness (QED) is 0.123. The second-order valence-corrected chi connectivity index (χ2v) is 20.2. The van der Waals surface area contributed by atoms with E-state index >= 15 is 0 Å². The number of piperidine rings is 2. The van der Waals surface area contributed by atoms with Gasteiger partial charge in [-0.3, -0.25) is 14.5 Å². The number of nitrogens with zero attached hydrogens (tertiary/aromatic N) is 4. The van der Waals surface area contributed by atoms with Gasteiger partial charge in [-0.2, -0.15) is 0 Å². The Bertz CT molecular complexity index is 1990. The van der Waals surface area contributed by atoms with Gasteiger partial charge in [-0.15, -0.1) is 0 Å². The van der Waals surface area contributed by atoms with Crippen molar-refractivity contribution in [3.63, 3.8) is 0 Å². The van der Waals surface area contributed by atoms with E-state index in [2.05, 4.69) is 88.2 Å². The molecular weight excluding hydrogens is 884 g/mol. The number of amides is 3. The molecule has 9 heteroatoms. The second-order valence-electron chi connectivity index (χ2n) is 18.4. The molecule has 8 nitrogen and oxygen atoms in total. The highest BCUT2D eigenvalue weighted by atomic mass is 127. The molecule has 62 heavy (non-hydrogen) atoms. The number of benzene rings is 4. The Balaban J connectivity index is 0.000000170. The van der Waals surface area contributed by atoms with Gasteiger partial charge in [0, 0.05) is 66.9 Å². The van der Waals surface area contributed by atoms with Crippen LogP contribution in [0.4, 0.5) is 16.2 Å². The van der Waals surface area contributed by atoms with E-state index in [0.29, 0.717) is 37.9 Å². The molecule has 0 spiro atoms. The monoisotopic (exact) mass is 952 g/mol. The maximum absolute atomic E-state index is 12.6. The van der Waals surface area contributed by atoms with Gasteiger partial charge >= 0.3 is 6.09 Å². The zero-order chi connectivity index (χ0) is 44.1. The number of carbonyl (C=O) groups excluding carboxylic acids is 3. The van der Waals surface area contributed by atoms with Crippen LogP contribution in [0.1, 0.15) is 95.4 Å². The van der Waals surface area contributed by atoms with Crippen molar-refractivity contribution in [3.05, 3.63) is 131 Å². The molecule has 2 aliphatic heterocycles. The number of rotatable bonds is 9. The molecule has 8 rings (SSSR count). The van der Waals surface area contributed by atoms with Crippen LogP contribution in [0.15, 0.2) is 109 Å². The minimum atomic E-state index is -0.488. The zero-order valence-electron chi connectivity index (χ0n) is 37.8. The standard InChI is InChI=1S/C24H30N2O.C20H30N2O3.C9H9I/c1-2-24(27)26(22-12-4-3-5-13-22)18-19-9-8-14-25(17-19)23-15-20-10-6-7-11-21(20)16-23;1-5-18(23)22(17-11-7-6-8-12-17)15-16-10-9-13-21(14-16)19(24)25-20(2,3)4;10-9-5-7-3-1-2-4-8(7)6-9/h3-7,10-13,19,23H,2,8-9,14-18H2,1H3;6-8,11-12,16H,5,9-10,13-15H2,1-4H3;1-4,9H,5-6H2/t19-;16-;/m11./s1. The molecule has 4 aliphatic rings. The molecule has 0 saturated carbocycles. The maximum atomic E-state index is 12.6. The van der Waals surface area contributed by atoms with Crippen molar-refractivity contribution in [2.45, 2.75) is 114 Å². The zero-order valence-corrected chi connectivity index (χ0v) is 40.0. The summed E-state index contributed by atoms with van der Waals surface area (Å²) in [6.45, 7) is 14.6. The van der Waals surface area contributed by atoms with Gasteiger partial charge < -0.3 is 19.4 Å². The van der Waals surface area contributed by atoms with Crippen molar-refractivity contribution in [1.82, 2.24) is 9.80 Å². The summed E-state index contributed by atoms with van der Waals surface area (Å²) in [7, 11) is 0. The largest absolute Gasteiger partial charge is 0.444 e. The van der Waals surface area contributed by atoms with E-state index in [1.54, 1.807) is 16.0 Å². The molecule has 2 fully saturated rings. The van der Waals surface area contributed by atoms with E-state index in [-0.39, 0.29) is 23.8 Å². The lowest BCUT2D eigenvalue weighted by molar-refractivity contribution is -0.119. The Morgan fingerprint density at radius 3 is 1.48 bits per heavy atom. The fourth-order valence-corrected chi connectivity index (χ4v) is 10.3. The molecule has 0 unspecified atom stereocenters. The van der Waals surface area contributed by atoms with Crippen LogP contribution < -0.4 is 9.80 Å². The third-order valence-corrected chi connectivity index (χ3v) is 13.4. The molecule has 4 aromatic carbocycles. The van der Waals surface area contributed by atoms with Crippen molar-refractivity contribution >= 4 is 51.9 Å². The lowest BCUT2D eigenvalue weighted by atomic mass is 9.95. The van der Waals surface area contributed by atoms with Gasteiger partial charge in [0.05, 0.1) is 0 Å². The number of alkyl halides is 1. The molecule has 3 amide bonds. The molecular formula is C53H69IN4O4. The Labute approximate surface area is 385 Å². The number of halogens is 1. The summed E-state index contributed by atoms with van der Waals surface area (Å²) in [5, 5.41) is 0. The van der Waals surface area contributed by atoms with Gasteiger partial charge in [-0.25, -0.2) is 4.79 Å². The molecule has 0 aromatic heterocycles. The number of fused-ring (bicyclic) bond motifs is 2. The molecule has 2 atom stereocenters. The average Bonchev–Trinajstić information content (AvgIpc) is 3.91. The Morgan fingerprint density at radius 1 is 0.613 bits per heavy atom. The number of hydrogen-bond donors (Lipinski definition) is 0. The Morgan fingerprint density at radius 2 is 1.03 bits per heavy atom. The summed E-state index contributed by atoms with van der Waals surface area (Å²) >= 11 is 2.53. The highest BCUT2D eigenvalue weighted by Crippen LogP contribution is 2.31. The fourth-order valence-electron chi connectivity index (χ4n) is 9.40. The summed E-state index contributed by atoms with van der Waals surface area (Å²) in [5.41, 5.74) is 7.63. The topological polar surface area (TPSA) is 73.4 Å². The first-order valence-electron chi connectivity index (χ1n) is 23.1. The third-order valence-electron chi connectivity index (χ3n) is 12.5. The van der Waals surface area contributed by atoms with Crippen molar-refractivity contribution in [2.75, 3.05) is 49.1 Å². The van der Waals surface area contributed by atoms with Crippen molar-refractivity contribution in [3.8, 4) is 0 Å². The van der Waals surface area contributed by atoms with Gasteiger partial charge in [-0.05, 0) is 137 Å². The first-order chi connectivity index (χ1) is 29.9. The molecule has 2 saturated heterocycles. The Kier molecular flexibility index (Phi) is 17.5. The summed E-state index contributed by atoms with van der Waals surface area (Å²) < 4.78 is 6.33. The smallest absolute Gasteiger partial charge is 0.410 e. The molecule has 332 valence electrons. The first kappa shape index (κ1) is 47.3. The summed E-state index contributed by atoms with van der Waals surface area (Å²) in [4.78, 5) is 45.7. The SMILES string of the molecule is CCC(=O)N(C[C@@H]1CCCN(C(=O)OC(C)(C)C)C1)c1ccccc1.CCC(=O)N(C[C@@H]1CCCN(C2Cc3ccccc3C2)C1)c1ccccc1.IC1Cc2ccccc2C1. The van der Waals surface area contributed by atoms with Gasteiger partial charge in [0.25, 0.3) is 0 Å². The van der Waals surface area contributed by atoms with Crippen LogP contribution in [0, 0.1) is 11.8 Å². The predicted octanol–water partition coefficient (Wildman–Crippen LogP) is 11.0. The van der Waals surface area contributed by atoms with Crippen LogP contribution in [-0.4, -0.2) is 82.5 Å². The van der Waals surface area contributed by atoms with Crippen molar-refractivity contribution in [1.29, 1.82) is 0 Å². The molecule has 0 bridgehead atoms. The number of likely N-dealkylation sites (tertiary alicyclic amines) is 2. The summed E-state index contributed by atoms with van der Waals surface area (Å²) in [6, 6.07) is 38.2. The van der Waals surface area contributed by atoms with E-state index in [4.69, 9.17) is 4.74 Å². The number of anilines is 2. The molecule has 0 radical (unpaired) electrons. The lowest BCUT2D eigenvalue weighted by Crippen LogP contribution is -2.47. The van der Waals surface area contributed by atoms with E-state index in [1.807, 2.05) is 92.9 Å². The van der Waals surface area contributed by atoms with E-state index in [9.17, 15) is 14.4 Å². The fraction of sp³-hybridized carbons (Fsp3) is 0.491. The molecule has 2 aliphatic carbocycles. The second kappa shape index (κ2) is 22.9. The highest BCUT2D eigenvalue weighted by molar-refractivity contribution is 14.1. The molecule has 4 aromatic rings. The van der Waals surface area contributed by atoms with Gasteiger partial charge in [0.15, 0.2) is 0 Å². The van der Waals surface area contributed by atoms with Gasteiger partial charge in [0.1, 0.15) is 5.60 Å². The molecule has 2 heterocycles. The van der Waals surface area contributed by atoms with Crippen molar-refractivity contribution < 1.29 is 19.1 Å². The number of hydrogen-bond acceptors (Lipinski definition) is 5. The number of ether oxygens (including phenoxy) is 1. The van der Waals surface area contributed by atoms with Crippen LogP contribution in [0.5, 0.6) is 0 Å². The minimum Gasteiger partial charge on any atom is -0.444 e. The van der Waals surface area contributed by atoms with Crippen LogP contribution in [-0.2, 0) is 40.0 Å². The predicted molar refractivity (Wildman–Crippen MR) is 262 cm³/mol. The maximum Gasteiger partial charge on any atom is 0.410 e. The normalized spacial score (nSPS) is 18.9. The average molecular weight is 953 g/mol. The minimum absolute atomic E-state index is 0.112. The van der Waals surface area contributed by atoms with Crippen LogP contribution in [0.25, 0.3) is 0 Å². The van der Waals surface area contributed by atoms with Gasteiger partial charge in [-0.1, -0.05) is 121 Å². The van der Waals surface area contributed by atoms with Crippen LogP contribution in [0.3, 0.4) is 0 Å². The van der Waals surface area contributed by atoms with E-state index in [0.717, 1.165) is 47.8 Å². The summed E-state index contributed by atoms with van der Waals surface area (Å²) in [6.07, 6.45) is 10.1. The van der Waals surface area contributed by atoms with Gasteiger partial charge in [0.2, 0.25) is 11.8 Å². The van der Waals surface area contributed by atoms with E-state index < -0.39 is 5.60 Å². The lowest BCUT2D eigenvalue weighted by Gasteiger charge is -2.38. The van der Waals surface area contributed by atoms with Crippen LogP contribution >= 0.6 is 22.6 Å². The Hall–Kier alpha value is -4.22. The van der Waals surface area contributed by atoms with Crippen LogP contribution in [0.2, 0.25) is 0 Å². The third kappa shape index (κ3) is 13.6. The van der Waals surface area contributed by atoms with Crippen molar-refractivity contribution in [2.24, 2.45) is 11.8 Å². The number of para-hydroxylation sites is 2. The summed E-state index contributed by atoms with van der Waals surface area (Å²) in [5.74, 6) is 1.15. The van der Waals surface area contributed by atoms with E-state index in [1.165, 1.54) is 56.2 Å². The first-order valence-corrected chi connectivity index (χ1v) is 24.4. The highest BCUT2D eigenvalue weighted by Gasteiger charge is 2.32.